The summed E-state index contributed by atoms with van der Waals surface area (Å²) in [5.41, 5.74) is 0.345. The topological polar surface area (TPSA) is 20.3 Å². The first-order chi connectivity index (χ1) is 6.59. The Morgan fingerprint density at radius 3 is 2.57 bits per heavy atom. The molecule has 1 unspecified atom stereocenters. The summed E-state index contributed by atoms with van der Waals surface area (Å²) in [6.07, 6.45) is 5.32. The predicted octanol–water partition coefficient (Wildman–Crippen LogP) is 2.23. The Labute approximate surface area is 86.7 Å². The van der Waals surface area contributed by atoms with Gasteiger partial charge < -0.3 is 0 Å². The number of ketones is 1. The highest BCUT2D eigenvalue weighted by Crippen LogP contribution is 2.38. The molecule has 1 saturated heterocycles. The van der Waals surface area contributed by atoms with Gasteiger partial charge in [-0.15, -0.1) is 0 Å². The molecule has 1 saturated carbocycles. The summed E-state index contributed by atoms with van der Waals surface area (Å²) in [6.45, 7) is 7.06. The van der Waals surface area contributed by atoms with Crippen molar-refractivity contribution in [1.82, 2.24) is 4.90 Å². The molecule has 0 spiro atoms. The molecule has 1 atom stereocenters. The zero-order chi connectivity index (χ0) is 10.2. The molecule has 2 heteroatoms. The molecule has 0 radical (unpaired) electrons. The van der Waals surface area contributed by atoms with Crippen LogP contribution in [-0.2, 0) is 4.79 Å². The van der Waals surface area contributed by atoms with E-state index in [9.17, 15) is 4.79 Å². The number of nitrogens with zero attached hydrogens (tertiary/aromatic N) is 1. The van der Waals surface area contributed by atoms with E-state index in [0.29, 0.717) is 17.2 Å². The van der Waals surface area contributed by atoms with Crippen molar-refractivity contribution in [3.8, 4) is 0 Å². The number of carbonyl (C=O) groups excluding carboxylic acids is 1. The quantitative estimate of drug-likeness (QED) is 0.639. The summed E-state index contributed by atoms with van der Waals surface area (Å²) in [5, 5.41) is 0. The van der Waals surface area contributed by atoms with Gasteiger partial charge in [-0.1, -0.05) is 13.8 Å². The lowest BCUT2D eigenvalue weighted by Gasteiger charge is -2.43. The fraction of sp³-hybridized carbons (Fsp3) is 0.917. The SMILES string of the molecule is CC1(C)CCC(=O)CC1N1CCCC1. The van der Waals surface area contributed by atoms with Gasteiger partial charge in [0.15, 0.2) is 0 Å². The van der Waals surface area contributed by atoms with Crippen LogP contribution in [0.25, 0.3) is 0 Å². The van der Waals surface area contributed by atoms with Crippen molar-refractivity contribution < 1.29 is 4.79 Å². The van der Waals surface area contributed by atoms with Crippen molar-refractivity contribution >= 4 is 5.78 Å². The van der Waals surface area contributed by atoms with Gasteiger partial charge in [0.25, 0.3) is 0 Å². The van der Waals surface area contributed by atoms with E-state index in [-0.39, 0.29) is 0 Å². The first kappa shape index (κ1) is 10.2. The van der Waals surface area contributed by atoms with Crippen molar-refractivity contribution in [1.29, 1.82) is 0 Å². The highest BCUT2D eigenvalue weighted by molar-refractivity contribution is 5.80. The maximum atomic E-state index is 11.5. The molecule has 1 aliphatic carbocycles. The van der Waals surface area contributed by atoms with Crippen molar-refractivity contribution in [3.63, 3.8) is 0 Å². The molecule has 0 aromatic rings. The van der Waals surface area contributed by atoms with Crippen molar-refractivity contribution in [2.75, 3.05) is 13.1 Å². The van der Waals surface area contributed by atoms with Crippen molar-refractivity contribution in [2.24, 2.45) is 5.41 Å². The summed E-state index contributed by atoms with van der Waals surface area (Å²) < 4.78 is 0. The van der Waals surface area contributed by atoms with Gasteiger partial charge in [-0.25, -0.2) is 0 Å². The van der Waals surface area contributed by atoms with E-state index in [4.69, 9.17) is 0 Å². The monoisotopic (exact) mass is 195 g/mol. The molecule has 0 N–H and O–H groups in total. The summed E-state index contributed by atoms with van der Waals surface area (Å²) in [5.74, 6) is 0.473. The average Bonchev–Trinajstić information content (AvgIpc) is 2.62. The Bertz CT molecular complexity index is 228. The lowest BCUT2D eigenvalue weighted by molar-refractivity contribution is -0.125. The minimum Gasteiger partial charge on any atom is -0.300 e. The van der Waals surface area contributed by atoms with Crippen LogP contribution in [0.2, 0.25) is 0 Å². The second-order valence-electron chi connectivity index (χ2n) is 5.49. The lowest BCUT2D eigenvalue weighted by atomic mass is 9.72. The van der Waals surface area contributed by atoms with E-state index in [1.54, 1.807) is 0 Å². The van der Waals surface area contributed by atoms with Crippen LogP contribution in [-0.4, -0.2) is 29.8 Å². The third kappa shape index (κ3) is 1.85. The van der Waals surface area contributed by atoms with Crippen molar-refractivity contribution in [2.45, 2.75) is 52.0 Å². The second kappa shape index (κ2) is 3.65. The van der Waals surface area contributed by atoms with E-state index in [1.165, 1.54) is 25.9 Å². The highest BCUT2D eigenvalue weighted by atomic mass is 16.1. The minimum atomic E-state index is 0.345. The van der Waals surface area contributed by atoms with Gasteiger partial charge in [-0.3, -0.25) is 9.69 Å². The van der Waals surface area contributed by atoms with Gasteiger partial charge in [0.05, 0.1) is 0 Å². The maximum absolute atomic E-state index is 11.5. The third-order valence-electron chi connectivity index (χ3n) is 3.95. The molecule has 0 aromatic carbocycles. The molecule has 0 bridgehead atoms. The molecule has 1 heterocycles. The first-order valence-electron chi connectivity index (χ1n) is 5.85. The first-order valence-corrected chi connectivity index (χ1v) is 5.85. The third-order valence-corrected chi connectivity index (χ3v) is 3.95. The van der Waals surface area contributed by atoms with E-state index in [0.717, 1.165) is 19.3 Å². The van der Waals surface area contributed by atoms with Gasteiger partial charge in [0.1, 0.15) is 5.78 Å². The molecule has 0 amide bonds. The number of hydrogen-bond donors (Lipinski definition) is 0. The van der Waals surface area contributed by atoms with Gasteiger partial charge in [-0.05, 0) is 37.8 Å². The van der Waals surface area contributed by atoms with Crippen LogP contribution in [0, 0.1) is 5.41 Å². The molecular weight excluding hydrogens is 174 g/mol. The average molecular weight is 195 g/mol. The van der Waals surface area contributed by atoms with Crippen LogP contribution in [0.3, 0.4) is 0 Å². The van der Waals surface area contributed by atoms with E-state index in [1.807, 2.05) is 0 Å². The van der Waals surface area contributed by atoms with E-state index < -0.39 is 0 Å². The molecular formula is C12H21NO. The molecule has 1 aliphatic heterocycles. The fourth-order valence-electron chi connectivity index (χ4n) is 2.90. The van der Waals surface area contributed by atoms with Crippen LogP contribution < -0.4 is 0 Å². The van der Waals surface area contributed by atoms with E-state index >= 15 is 0 Å². The van der Waals surface area contributed by atoms with Crippen LogP contribution in [0.1, 0.15) is 46.0 Å². The fourth-order valence-corrected chi connectivity index (χ4v) is 2.90. The number of rotatable bonds is 1. The van der Waals surface area contributed by atoms with Gasteiger partial charge in [0, 0.05) is 18.9 Å². The molecule has 80 valence electrons. The maximum Gasteiger partial charge on any atom is 0.134 e. The zero-order valence-electron chi connectivity index (χ0n) is 9.38. The Balaban J connectivity index is 2.08. The molecule has 2 aliphatic rings. The van der Waals surface area contributed by atoms with E-state index in [2.05, 4.69) is 18.7 Å². The number of hydrogen-bond acceptors (Lipinski definition) is 2. The largest absolute Gasteiger partial charge is 0.300 e. The summed E-state index contributed by atoms with van der Waals surface area (Å²) in [4.78, 5) is 14.0. The zero-order valence-corrected chi connectivity index (χ0v) is 9.38. The summed E-state index contributed by atoms with van der Waals surface area (Å²) >= 11 is 0. The Kier molecular flexibility index (Phi) is 2.65. The smallest absolute Gasteiger partial charge is 0.134 e. The Morgan fingerprint density at radius 1 is 1.29 bits per heavy atom. The summed E-state index contributed by atoms with van der Waals surface area (Å²) in [7, 11) is 0. The molecule has 14 heavy (non-hydrogen) atoms. The lowest BCUT2D eigenvalue weighted by Crippen LogP contribution is -2.48. The standard InChI is InChI=1S/C12H21NO/c1-12(2)6-5-10(14)9-11(12)13-7-3-4-8-13/h11H,3-9H2,1-2H3. The molecule has 2 nitrogen and oxygen atoms in total. The van der Waals surface area contributed by atoms with Gasteiger partial charge >= 0.3 is 0 Å². The number of carbonyl (C=O) groups is 1. The van der Waals surface area contributed by atoms with Crippen LogP contribution in [0.15, 0.2) is 0 Å². The number of Topliss-reactive ketones (excluding diaryl/α,β-unsaturated/α-hetero) is 1. The normalized spacial score (nSPS) is 33.6. The minimum absolute atomic E-state index is 0.345. The second-order valence-corrected chi connectivity index (χ2v) is 5.49. The predicted molar refractivity (Wildman–Crippen MR) is 57.2 cm³/mol. The Morgan fingerprint density at radius 2 is 1.93 bits per heavy atom. The highest BCUT2D eigenvalue weighted by Gasteiger charge is 2.39. The van der Waals surface area contributed by atoms with Crippen LogP contribution >= 0.6 is 0 Å². The van der Waals surface area contributed by atoms with Crippen molar-refractivity contribution in [3.05, 3.63) is 0 Å². The van der Waals surface area contributed by atoms with Gasteiger partial charge in [0.2, 0.25) is 0 Å². The van der Waals surface area contributed by atoms with Gasteiger partial charge in [-0.2, -0.15) is 0 Å². The molecule has 0 aromatic heterocycles. The number of likely N-dealkylation sites (tertiary alicyclic amines) is 1. The van der Waals surface area contributed by atoms with Crippen LogP contribution in [0.5, 0.6) is 0 Å². The van der Waals surface area contributed by atoms with Crippen LogP contribution in [0.4, 0.5) is 0 Å². The molecule has 2 rings (SSSR count). The molecule has 2 fully saturated rings. The summed E-state index contributed by atoms with van der Waals surface area (Å²) in [6, 6.07) is 0.520. The Hall–Kier alpha value is -0.370.